The number of hydrogen-bond acceptors (Lipinski definition) is 4. The number of ether oxygens (including phenoxy) is 1. The van der Waals surface area contributed by atoms with Crippen molar-refractivity contribution in [2.45, 2.75) is 0 Å². The molecule has 5 nitrogen and oxygen atoms in total. The minimum absolute atomic E-state index is 0.0837. The lowest BCUT2D eigenvalue weighted by Gasteiger charge is -2.07. The van der Waals surface area contributed by atoms with Gasteiger partial charge in [0.05, 0.1) is 5.02 Å². The topological polar surface area (TPSA) is 80.7 Å². The van der Waals surface area contributed by atoms with Crippen LogP contribution in [0.2, 0.25) is 5.02 Å². The van der Waals surface area contributed by atoms with Gasteiger partial charge in [0.15, 0.2) is 5.84 Å². The molecule has 0 atom stereocenters. The first-order valence-electron chi connectivity index (χ1n) is 5.08. The van der Waals surface area contributed by atoms with Crippen LogP contribution >= 0.6 is 11.6 Å². The van der Waals surface area contributed by atoms with Gasteiger partial charge in [0, 0.05) is 6.07 Å². The summed E-state index contributed by atoms with van der Waals surface area (Å²) in [5, 5.41) is 11.9. The summed E-state index contributed by atoms with van der Waals surface area (Å²) in [7, 11) is 0. The van der Waals surface area contributed by atoms with Crippen molar-refractivity contribution in [1.29, 1.82) is 0 Å². The Hall–Kier alpha value is -2.27. The Balaban J connectivity index is 2.28. The van der Waals surface area contributed by atoms with E-state index in [2.05, 4.69) is 10.1 Å². The van der Waals surface area contributed by atoms with Crippen molar-refractivity contribution < 1.29 is 9.94 Å². The molecule has 0 unspecified atom stereocenters. The Morgan fingerprint density at radius 3 is 2.72 bits per heavy atom. The van der Waals surface area contributed by atoms with E-state index in [1.54, 1.807) is 42.5 Å². The van der Waals surface area contributed by atoms with Gasteiger partial charge in [0.25, 0.3) is 0 Å². The van der Waals surface area contributed by atoms with Crippen molar-refractivity contribution in [3.05, 3.63) is 53.2 Å². The van der Waals surface area contributed by atoms with Gasteiger partial charge in [-0.3, -0.25) is 0 Å². The van der Waals surface area contributed by atoms with Crippen LogP contribution in [0.4, 0.5) is 0 Å². The third-order valence-corrected chi connectivity index (χ3v) is 2.46. The average Bonchev–Trinajstić information content (AvgIpc) is 2.41. The van der Waals surface area contributed by atoms with Gasteiger partial charge in [0.2, 0.25) is 5.88 Å². The summed E-state index contributed by atoms with van der Waals surface area (Å²) in [6.07, 6.45) is 0. The maximum atomic E-state index is 8.57. The lowest BCUT2D eigenvalue weighted by Crippen LogP contribution is -2.14. The highest BCUT2D eigenvalue weighted by molar-refractivity contribution is 6.32. The molecule has 0 bridgehead atoms. The molecule has 1 heterocycles. The number of pyridine rings is 1. The number of halogens is 1. The first-order chi connectivity index (χ1) is 8.70. The van der Waals surface area contributed by atoms with E-state index in [9.17, 15) is 0 Å². The molecule has 0 aliphatic rings. The van der Waals surface area contributed by atoms with Gasteiger partial charge >= 0.3 is 0 Å². The van der Waals surface area contributed by atoms with Crippen molar-refractivity contribution in [2.75, 3.05) is 0 Å². The Labute approximate surface area is 108 Å². The minimum atomic E-state index is -0.0837. The van der Waals surface area contributed by atoms with Crippen LogP contribution in [0.25, 0.3) is 0 Å². The summed E-state index contributed by atoms with van der Waals surface area (Å²) in [5.74, 6) is 0.718. The molecule has 0 aliphatic carbocycles. The van der Waals surface area contributed by atoms with Crippen molar-refractivity contribution >= 4 is 17.4 Å². The second kappa shape index (κ2) is 5.37. The minimum Gasteiger partial charge on any atom is -0.437 e. The molecule has 1 aromatic carbocycles. The molecule has 0 radical (unpaired) electrons. The highest BCUT2D eigenvalue weighted by Crippen LogP contribution is 2.27. The first kappa shape index (κ1) is 12.2. The molecule has 0 aliphatic heterocycles. The fourth-order valence-electron chi connectivity index (χ4n) is 1.31. The molecular weight excluding hydrogens is 254 g/mol. The monoisotopic (exact) mass is 263 g/mol. The molecule has 2 rings (SSSR count). The highest BCUT2D eigenvalue weighted by Gasteiger charge is 2.06. The third-order valence-electron chi connectivity index (χ3n) is 2.14. The summed E-state index contributed by atoms with van der Waals surface area (Å²) in [6, 6.07) is 12.0. The Kier molecular flexibility index (Phi) is 3.64. The fourth-order valence-corrected chi connectivity index (χ4v) is 1.48. The van der Waals surface area contributed by atoms with Crippen molar-refractivity contribution in [2.24, 2.45) is 10.9 Å². The third kappa shape index (κ3) is 2.70. The molecule has 2 aromatic rings. The zero-order valence-corrected chi connectivity index (χ0v) is 10.0. The van der Waals surface area contributed by atoms with Gasteiger partial charge in [0.1, 0.15) is 11.4 Å². The van der Waals surface area contributed by atoms with Crippen LogP contribution in [0, 0.1) is 0 Å². The predicted octanol–water partition coefficient (Wildman–Crippen LogP) is 2.62. The summed E-state index contributed by atoms with van der Waals surface area (Å²) in [6.45, 7) is 0. The number of benzene rings is 1. The first-order valence-corrected chi connectivity index (χ1v) is 5.46. The molecule has 3 N–H and O–H groups in total. The van der Waals surface area contributed by atoms with Crippen LogP contribution in [-0.4, -0.2) is 16.0 Å². The number of hydrogen-bond donors (Lipinski definition) is 2. The number of rotatable bonds is 3. The van der Waals surface area contributed by atoms with E-state index in [0.717, 1.165) is 0 Å². The van der Waals surface area contributed by atoms with Crippen LogP contribution in [-0.2, 0) is 0 Å². The zero-order valence-electron chi connectivity index (χ0n) is 9.25. The maximum absolute atomic E-state index is 8.57. The van der Waals surface area contributed by atoms with Crippen LogP contribution in [0.3, 0.4) is 0 Å². The molecule has 6 heteroatoms. The maximum Gasteiger partial charge on any atom is 0.219 e. The van der Waals surface area contributed by atoms with Gasteiger partial charge in [-0.2, -0.15) is 0 Å². The van der Waals surface area contributed by atoms with Crippen LogP contribution in [0.15, 0.2) is 47.6 Å². The van der Waals surface area contributed by atoms with E-state index in [1.807, 2.05) is 0 Å². The van der Waals surface area contributed by atoms with Crippen molar-refractivity contribution in [3.8, 4) is 11.6 Å². The van der Waals surface area contributed by atoms with E-state index in [-0.39, 0.29) is 5.84 Å². The van der Waals surface area contributed by atoms with Gasteiger partial charge < -0.3 is 15.7 Å². The largest absolute Gasteiger partial charge is 0.437 e. The fraction of sp³-hybridized carbons (Fsp3) is 0. The lowest BCUT2D eigenvalue weighted by molar-refractivity contribution is 0.318. The molecular formula is C12H10ClN3O2. The van der Waals surface area contributed by atoms with Crippen molar-refractivity contribution in [1.82, 2.24) is 4.98 Å². The molecule has 0 amide bonds. The number of amidine groups is 1. The average molecular weight is 264 g/mol. The molecule has 92 valence electrons. The van der Waals surface area contributed by atoms with E-state index < -0.39 is 0 Å². The van der Waals surface area contributed by atoms with E-state index in [4.69, 9.17) is 27.3 Å². The van der Waals surface area contributed by atoms with E-state index in [1.165, 1.54) is 0 Å². The number of nitrogens with zero attached hydrogens (tertiary/aromatic N) is 2. The number of nitrogens with two attached hydrogens (primary N) is 1. The summed E-state index contributed by atoms with van der Waals surface area (Å²) in [5.41, 5.74) is 5.76. The van der Waals surface area contributed by atoms with Gasteiger partial charge in [-0.1, -0.05) is 35.0 Å². The van der Waals surface area contributed by atoms with Crippen LogP contribution in [0.5, 0.6) is 11.6 Å². The molecule has 0 saturated carbocycles. The van der Waals surface area contributed by atoms with Gasteiger partial charge in [-0.05, 0) is 18.2 Å². The second-order valence-corrected chi connectivity index (χ2v) is 3.79. The molecule has 0 fully saturated rings. The number of para-hydroxylation sites is 1. The standard InChI is InChI=1S/C12H10ClN3O2/c13-8-4-1-2-6-10(8)18-11-7-3-5-9(15-11)12(14)16-17/h1-7,17H,(H2,14,16). The summed E-state index contributed by atoms with van der Waals surface area (Å²) in [4.78, 5) is 4.08. The molecule has 18 heavy (non-hydrogen) atoms. The van der Waals surface area contributed by atoms with Crippen molar-refractivity contribution in [3.63, 3.8) is 0 Å². The summed E-state index contributed by atoms with van der Waals surface area (Å²) >= 11 is 5.96. The Bertz CT molecular complexity index is 587. The molecule has 1 aromatic heterocycles. The van der Waals surface area contributed by atoms with Crippen LogP contribution < -0.4 is 10.5 Å². The normalized spacial score (nSPS) is 11.3. The molecule has 0 spiro atoms. The predicted molar refractivity (Wildman–Crippen MR) is 68.3 cm³/mol. The lowest BCUT2D eigenvalue weighted by atomic mass is 10.3. The summed E-state index contributed by atoms with van der Waals surface area (Å²) < 4.78 is 5.51. The molecule has 0 saturated heterocycles. The second-order valence-electron chi connectivity index (χ2n) is 3.38. The van der Waals surface area contributed by atoms with Gasteiger partial charge in [-0.25, -0.2) is 4.98 Å². The highest BCUT2D eigenvalue weighted by atomic mass is 35.5. The van der Waals surface area contributed by atoms with E-state index >= 15 is 0 Å². The van der Waals surface area contributed by atoms with Gasteiger partial charge in [-0.15, -0.1) is 0 Å². The zero-order chi connectivity index (χ0) is 13.0. The van der Waals surface area contributed by atoms with Crippen LogP contribution in [0.1, 0.15) is 5.69 Å². The number of oxime groups is 1. The Morgan fingerprint density at radius 2 is 2.00 bits per heavy atom. The number of aromatic nitrogens is 1. The van der Waals surface area contributed by atoms with E-state index in [0.29, 0.717) is 22.3 Å². The quantitative estimate of drug-likeness (QED) is 0.386. The Morgan fingerprint density at radius 1 is 1.22 bits per heavy atom. The smallest absolute Gasteiger partial charge is 0.219 e. The SMILES string of the molecule is NC(=NO)c1cccc(Oc2ccccc2Cl)n1.